The maximum Gasteiger partial charge on any atom is 0.130 e. The van der Waals surface area contributed by atoms with E-state index in [1.807, 2.05) is 0 Å². The van der Waals surface area contributed by atoms with E-state index < -0.39 is 0 Å². The first kappa shape index (κ1) is 13.7. The predicted octanol–water partition coefficient (Wildman–Crippen LogP) is 5.33. The molecule has 0 N–H and O–H groups in total. The zero-order chi connectivity index (χ0) is 14.2. The molecule has 0 heterocycles. The van der Waals surface area contributed by atoms with Crippen LogP contribution in [0.4, 0.5) is 0 Å². The molecule has 2 aromatic rings. The number of hydrogen-bond donors (Lipinski definition) is 0. The maximum atomic E-state index is 6.16. The van der Waals surface area contributed by atoms with E-state index in [1.165, 1.54) is 33.4 Å². The highest BCUT2D eigenvalue weighted by Gasteiger charge is 2.09. The molecule has 0 fully saturated rings. The Labute approximate surface area is 116 Å². The lowest BCUT2D eigenvalue weighted by molar-refractivity contribution is 0.473. The highest BCUT2D eigenvalue weighted by molar-refractivity contribution is 5.48. The standard InChI is InChI=1S/C18H22O/c1-11-7-13(3)15(5)17(9-11)19-18-10-12(2)8-14(4)16(18)6/h7-10H,1-6H3. The van der Waals surface area contributed by atoms with E-state index in [0.717, 1.165) is 11.5 Å². The molecule has 2 aromatic carbocycles. The highest BCUT2D eigenvalue weighted by atomic mass is 16.5. The number of rotatable bonds is 2. The molecule has 0 radical (unpaired) electrons. The lowest BCUT2D eigenvalue weighted by atomic mass is 10.0. The van der Waals surface area contributed by atoms with E-state index in [9.17, 15) is 0 Å². The van der Waals surface area contributed by atoms with Crippen LogP contribution in [0.5, 0.6) is 11.5 Å². The number of hydrogen-bond acceptors (Lipinski definition) is 1. The summed E-state index contributed by atoms with van der Waals surface area (Å²) in [4.78, 5) is 0. The predicted molar refractivity (Wildman–Crippen MR) is 81.4 cm³/mol. The molecule has 0 aliphatic carbocycles. The van der Waals surface area contributed by atoms with Crippen LogP contribution in [0, 0.1) is 41.5 Å². The molecular formula is C18H22O. The highest BCUT2D eigenvalue weighted by Crippen LogP contribution is 2.32. The summed E-state index contributed by atoms with van der Waals surface area (Å²) in [6.07, 6.45) is 0. The van der Waals surface area contributed by atoms with Gasteiger partial charge in [0.25, 0.3) is 0 Å². The number of aryl methyl sites for hydroxylation is 4. The third-order valence-corrected chi connectivity index (χ3v) is 3.75. The molecule has 0 amide bonds. The summed E-state index contributed by atoms with van der Waals surface area (Å²) >= 11 is 0. The molecule has 19 heavy (non-hydrogen) atoms. The van der Waals surface area contributed by atoms with Gasteiger partial charge in [0.2, 0.25) is 0 Å². The van der Waals surface area contributed by atoms with Gasteiger partial charge < -0.3 is 4.74 Å². The van der Waals surface area contributed by atoms with Crippen molar-refractivity contribution >= 4 is 0 Å². The van der Waals surface area contributed by atoms with Crippen LogP contribution in [0.3, 0.4) is 0 Å². The van der Waals surface area contributed by atoms with Crippen LogP contribution in [-0.2, 0) is 0 Å². The Balaban J connectivity index is 2.47. The minimum absolute atomic E-state index is 0.964. The van der Waals surface area contributed by atoms with Crippen molar-refractivity contribution in [2.75, 3.05) is 0 Å². The maximum absolute atomic E-state index is 6.16. The molecule has 0 unspecified atom stereocenters. The molecule has 1 heteroatoms. The summed E-state index contributed by atoms with van der Waals surface area (Å²) < 4.78 is 6.16. The molecule has 2 rings (SSSR count). The summed E-state index contributed by atoms with van der Waals surface area (Å²) in [5, 5.41) is 0. The van der Waals surface area contributed by atoms with Gasteiger partial charge in [-0.15, -0.1) is 0 Å². The van der Waals surface area contributed by atoms with Crippen molar-refractivity contribution in [1.29, 1.82) is 0 Å². The molecule has 0 saturated carbocycles. The second-order valence-corrected chi connectivity index (χ2v) is 5.51. The summed E-state index contributed by atoms with van der Waals surface area (Å²) in [6, 6.07) is 8.60. The van der Waals surface area contributed by atoms with Gasteiger partial charge in [-0.1, -0.05) is 12.1 Å². The van der Waals surface area contributed by atoms with Crippen molar-refractivity contribution in [1.82, 2.24) is 0 Å². The Kier molecular flexibility index (Phi) is 3.66. The molecule has 0 atom stereocenters. The SMILES string of the molecule is Cc1cc(C)c(C)c(Oc2cc(C)cc(C)c2C)c1. The van der Waals surface area contributed by atoms with E-state index in [2.05, 4.69) is 65.8 Å². The topological polar surface area (TPSA) is 9.23 Å². The van der Waals surface area contributed by atoms with Gasteiger partial charge in [-0.05, 0) is 87.1 Å². The fraction of sp³-hybridized carbons (Fsp3) is 0.333. The third-order valence-electron chi connectivity index (χ3n) is 3.75. The van der Waals surface area contributed by atoms with E-state index in [0.29, 0.717) is 0 Å². The van der Waals surface area contributed by atoms with Crippen LogP contribution in [0.25, 0.3) is 0 Å². The van der Waals surface area contributed by atoms with Crippen LogP contribution >= 0.6 is 0 Å². The minimum atomic E-state index is 0.964. The van der Waals surface area contributed by atoms with Gasteiger partial charge in [-0.2, -0.15) is 0 Å². The van der Waals surface area contributed by atoms with E-state index in [4.69, 9.17) is 4.74 Å². The quantitative estimate of drug-likeness (QED) is 0.704. The Bertz CT molecular complexity index is 569. The van der Waals surface area contributed by atoms with Crippen molar-refractivity contribution in [3.8, 4) is 11.5 Å². The molecular weight excluding hydrogens is 232 g/mol. The fourth-order valence-corrected chi connectivity index (χ4v) is 2.33. The Morgan fingerprint density at radius 1 is 0.579 bits per heavy atom. The second-order valence-electron chi connectivity index (χ2n) is 5.51. The smallest absolute Gasteiger partial charge is 0.130 e. The van der Waals surface area contributed by atoms with Crippen LogP contribution in [0.2, 0.25) is 0 Å². The summed E-state index contributed by atoms with van der Waals surface area (Å²) in [5.74, 6) is 1.93. The summed E-state index contributed by atoms with van der Waals surface area (Å²) in [7, 11) is 0. The van der Waals surface area contributed by atoms with Crippen LogP contribution < -0.4 is 4.74 Å². The van der Waals surface area contributed by atoms with Gasteiger partial charge in [0.1, 0.15) is 11.5 Å². The molecule has 0 aromatic heterocycles. The lowest BCUT2D eigenvalue weighted by Gasteiger charge is -2.15. The molecule has 0 aliphatic heterocycles. The lowest BCUT2D eigenvalue weighted by Crippen LogP contribution is -1.95. The van der Waals surface area contributed by atoms with Gasteiger partial charge in [-0.3, -0.25) is 0 Å². The summed E-state index contributed by atoms with van der Waals surface area (Å²) in [5.41, 5.74) is 7.45. The molecule has 100 valence electrons. The van der Waals surface area contributed by atoms with Gasteiger partial charge in [0.05, 0.1) is 0 Å². The Hall–Kier alpha value is -1.76. The zero-order valence-electron chi connectivity index (χ0n) is 12.7. The molecule has 0 spiro atoms. The van der Waals surface area contributed by atoms with Crippen LogP contribution in [0.1, 0.15) is 33.4 Å². The van der Waals surface area contributed by atoms with Crippen molar-refractivity contribution < 1.29 is 4.74 Å². The van der Waals surface area contributed by atoms with Gasteiger partial charge in [0.15, 0.2) is 0 Å². The average molecular weight is 254 g/mol. The average Bonchev–Trinajstić information content (AvgIpc) is 2.31. The van der Waals surface area contributed by atoms with Crippen molar-refractivity contribution in [2.24, 2.45) is 0 Å². The first-order valence-corrected chi connectivity index (χ1v) is 6.72. The van der Waals surface area contributed by atoms with Gasteiger partial charge >= 0.3 is 0 Å². The molecule has 0 bridgehead atoms. The second kappa shape index (κ2) is 5.08. The molecule has 0 aliphatic rings. The van der Waals surface area contributed by atoms with Crippen LogP contribution in [-0.4, -0.2) is 0 Å². The Morgan fingerprint density at radius 2 is 0.947 bits per heavy atom. The molecule has 1 nitrogen and oxygen atoms in total. The van der Waals surface area contributed by atoms with Crippen molar-refractivity contribution in [2.45, 2.75) is 41.5 Å². The van der Waals surface area contributed by atoms with E-state index >= 15 is 0 Å². The van der Waals surface area contributed by atoms with Gasteiger partial charge in [-0.25, -0.2) is 0 Å². The minimum Gasteiger partial charge on any atom is -0.457 e. The number of ether oxygens (including phenoxy) is 1. The van der Waals surface area contributed by atoms with E-state index in [1.54, 1.807) is 0 Å². The normalized spacial score (nSPS) is 10.6. The van der Waals surface area contributed by atoms with E-state index in [-0.39, 0.29) is 0 Å². The first-order chi connectivity index (χ1) is 8.88. The van der Waals surface area contributed by atoms with Crippen LogP contribution in [0.15, 0.2) is 24.3 Å². The number of benzene rings is 2. The van der Waals surface area contributed by atoms with Crippen molar-refractivity contribution in [3.63, 3.8) is 0 Å². The summed E-state index contributed by atoms with van der Waals surface area (Å²) in [6.45, 7) is 12.7. The fourth-order valence-electron chi connectivity index (χ4n) is 2.33. The van der Waals surface area contributed by atoms with Gasteiger partial charge in [0, 0.05) is 0 Å². The van der Waals surface area contributed by atoms with Crippen molar-refractivity contribution in [3.05, 3.63) is 57.6 Å². The third kappa shape index (κ3) is 2.81. The monoisotopic (exact) mass is 254 g/mol. The largest absolute Gasteiger partial charge is 0.457 e. The first-order valence-electron chi connectivity index (χ1n) is 6.72. The molecule has 0 saturated heterocycles. The Morgan fingerprint density at radius 3 is 1.32 bits per heavy atom. The zero-order valence-corrected chi connectivity index (χ0v) is 12.7.